The van der Waals surface area contributed by atoms with E-state index in [1.165, 1.54) is 17.7 Å². The summed E-state index contributed by atoms with van der Waals surface area (Å²) in [6.07, 6.45) is 1.56. The normalized spacial score (nSPS) is 23.7. The Bertz CT molecular complexity index is 930. The lowest BCUT2D eigenvalue weighted by molar-refractivity contribution is -0.139. The second-order valence-corrected chi connectivity index (χ2v) is 7.08. The number of pyridine rings is 1. The maximum atomic E-state index is 12.6. The van der Waals surface area contributed by atoms with Crippen LogP contribution in [0.5, 0.6) is 5.75 Å². The van der Waals surface area contributed by atoms with Crippen LogP contribution in [-0.4, -0.2) is 34.0 Å². The molecule has 138 valence electrons. The highest BCUT2D eigenvalue weighted by Gasteiger charge is 2.53. The van der Waals surface area contributed by atoms with Gasteiger partial charge in [-0.3, -0.25) is 4.79 Å². The van der Waals surface area contributed by atoms with Gasteiger partial charge in [0.05, 0.1) is 24.4 Å². The van der Waals surface area contributed by atoms with Gasteiger partial charge in [-0.15, -0.1) is 0 Å². The van der Waals surface area contributed by atoms with Gasteiger partial charge in [-0.1, -0.05) is 0 Å². The fourth-order valence-corrected chi connectivity index (χ4v) is 3.26. The van der Waals surface area contributed by atoms with Crippen molar-refractivity contribution in [1.29, 1.82) is 0 Å². The molecule has 0 radical (unpaired) electrons. The van der Waals surface area contributed by atoms with Gasteiger partial charge in [-0.05, 0) is 51.1 Å². The molecule has 7 heteroatoms. The van der Waals surface area contributed by atoms with Gasteiger partial charge < -0.3 is 24.9 Å². The average Bonchev–Trinajstić information content (AvgIpc) is 2.58. The number of nitrogens with two attached hydrogens (primary N) is 1. The number of fused-ring (bicyclic) bond motifs is 1. The minimum Gasteiger partial charge on any atom is -0.484 e. The second kappa shape index (κ2) is 5.88. The molecule has 1 aromatic carbocycles. The molecule has 0 bridgehead atoms. The number of aliphatic hydroxyl groups is 1. The van der Waals surface area contributed by atoms with Gasteiger partial charge in [-0.25, -0.2) is 4.79 Å². The Labute approximate surface area is 151 Å². The summed E-state index contributed by atoms with van der Waals surface area (Å²) >= 11 is 0. The molecule has 2 atom stereocenters. The third-order valence-electron chi connectivity index (χ3n) is 5.12. The summed E-state index contributed by atoms with van der Waals surface area (Å²) < 4.78 is 12.1. The van der Waals surface area contributed by atoms with Crippen molar-refractivity contribution in [3.8, 4) is 5.75 Å². The molecule has 2 aromatic rings. The number of methoxy groups -OCH3 is 1. The topological polar surface area (TPSA) is 104 Å². The Morgan fingerprint density at radius 2 is 2.00 bits per heavy atom. The molecular formula is C19H22N2O5. The SMILES string of the molecule is COC(=O)c1ccc2c(c1)C(n1cccc(N)c1=O)C(C)(O)C(C)(C)O2. The number of rotatable bonds is 2. The molecule has 7 nitrogen and oxygen atoms in total. The van der Waals surface area contributed by atoms with Crippen LogP contribution in [-0.2, 0) is 4.74 Å². The summed E-state index contributed by atoms with van der Waals surface area (Å²) in [5.74, 6) is -0.0375. The Morgan fingerprint density at radius 1 is 1.31 bits per heavy atom. The van der Waals surface area contributed by atoms with Crippen LogP contribution in [0, 0.1) is 0 Å². The minimum atomic E-state index is -1.47. The Kier molecular flexibility index (Phi) is 4.07. The summed E-state index contributed by atoms with van der Waals surface area (Å²) in [5.41, 5.74) is 3.76. The van der Waals surface area contributed by atoms with E-state index in [0.29, 0.717) is 16.9 Å². The van der Waals surface area contributed by atoms with Gasteiger partial charge in [-0.2, -0.15) is 0 Å². The molecule has 0 saturated carbocycles. The molecule has 0 spiro atoms. The lowest BCUT2D eigenvalue weighted by Gasteiger charge is -2.50. The molecule has 0 aliphatic carbocycles. The first-order chi connectivity index (χ1) is 12.1. The van der Waals surface area contributed by atoms with Gasteiger partial charge in [0.15, 0.2) is 0 Å². The maximum absolute atomic E-state index is 12.6. The Morgan fingerprint density at radius 3 is 2.65 bits per heavy atom. The van der Waals surface area contributed by atoms with Crippen molar-refractivity contribution in [2.75, 3.05) is 12.8 Å². The first-order valence-electron chi connectivity index (χ1n) is 8.20. The van der Waals surface area contributed by atoms with Crippen molar-refractivity contribution in [3.05, 3.63) is 58.0 Å². The van der Waals surface area contributed by atoms with E-state index in [1.54, 1.807) is 51.2 Å². The van der Waals surface area contributed by atoms with E-state index in [-0.39, 0.29) is 5.69 Å². The van der Waals surface area contributed by atoms with E-state index in [9.17, 15) is 14.7 Å². The molecule has 2 heterocycles. The number of nitrogens with zero attached hydrogens (tertiary/aromatic N) is 1. The van der Waals surface area contributed by atoms with E-state index in [4.69, 9.17) is 15.2 Å². The fourth-order valence-electron chi connectivity index (χ4n) is 3.26. The second-order valence-electron chi connectivity index (χ2n) is 7.08. The lowest BCUT2D eigenvalue weighted by atomic mass is 9.75. The van der Waals surface area contributed by atoms with E-state index in [1.807, 2.05) is 0 Å². The molecule has 0 amide bonds. The first kappa shape index (κ1) is 18.0. The summed E-state index contributed by atoms with van der Waals surface area (Å²) in [5, 5.41) is 11.3. The number of anilines is 1. The molecule has 0 fully saturated rings. The van der Waals surface area contributed by atoms with Gasteiger partial charge in [0.25, 0.3) is 5.56 Å². The molecular weight excluding hydrogens is 336 g/mol. The summed E-state index contributed by atoms with van der Waals surface area (Å²) in [4.78, 5) is 24.6. The lowest BCUT2D eigenvalue weighted by Crippen LogP contribution is -2.60. The number of hydrogen-bond donors (Lipinski definition) is 2. The van der Waals surface area contributed by atoms with E-state index >= 15 is 0 Å². The van der Waals surface area contributed by atoms with Crippen molar-refractivity contribution in [3.63, 3.8) is 0 Å². The molecule has 1 aliphatic rings. The summed E-state index contributed by atoms with van der Waals surface area (Å²) in [6.45, 7) is 5.09. The van der Waals surface area contributed by atoms with Crippen molar-refractivity contribution in [2.45, 2.75) is 38.0 Å². The van der Waals surface area contributed by atoms with Gasteiger partial charge in [0.2, 0.25) is 0 Å². The average molecular weight is 358 g/mol. The number of carbonyl (C=O) groups is 1. The summed E-state index contributed by atoms with van der Waals surface area (Å²) in [6, 6.07) is 7.14. The standard InChI is InChI=1S/C19H22N2O5/c1-18(2)19(3,24)15(21-9-5-6-13(20)16(21)22)12-10-11(17(23)25-4)7-8-14(12)26-18/h5-10,15,24H,20H2,1-4H3. The van der Waals surface area contributed by atoms with Crippen LogP contribution in [0.3, 0.4) is 0 Å². The van der Waals surface area contributed by atoms with E-state index < -0.39 is 28.8 Å². The minimum absolute atomic E-state index is 0.0678. The monoisotopic (exact) mass is 358 g/mol. The molecule has 2 unspecified atom stereocenters. The summed E-state index contributed by atoms with van der Waals surface area (Å²) in [7, 11) is 1.29. The molecule has 1 aliphatic heterocycles. The van der Waals surface area contributed by atoms with Crippen LogP contribution in [0.2, 0.25) is 0 Å². The quantitative estimate of drug-likeness (QED) is 0.793. The largest absolute Gasteiger partial charge is 0.484 e. The fraction of sp³-hybridized carbons (Fsp3) is 0.368. The predicted molar refractivity (Wildman–Crippen MR) is 96.4 cm³/mol. The third-order valence-corrected chi connectivity index (χ3v) is 5.12. The number of carbonyl (C=O) groups excluding carboxylic acids is 1. The zero-order chi connectivity index (χ0) is 19.3. The highest BCUT2D eigenvalue weighted by atomic mass is 16.5. The third kappa shape index (κ3) is 2.55. The van der Waals surface area contributed by atoms with Crippen LogP contribution >= 0.6 is 0 Å². The number of aromatic nitrogens is 1. The number of benzene rings is 1. The zero-order valence-electron chi connectivity index (χ0n) is 15.1. The highest BCUT2D eigenvalue weighted by molar-refractivity contribution is 5.89. The number of esters is 1. The number of hydrogen-bond acceptors (Lipinski definition) is 6. The smallest absolute Gasteiger partial charge is 0.337 e. The van der Waals surface area contributed by atoms with Crippen LogP contribution in [0.4, 0.5) is 5.69 Å². The molecule has 0 saturated heterocycles. The molecule has 26 heavy (non-hydrogen) atoms. The van der Waals surface area contributed by atoms with Crippen molar-refractivity contribution < 1.29 is 19.4 Å². The van der Waals surface area contributed by atoms with Crippen molar-refractivity contribution >= 4 is 11.7 Å². The molecule has 3 rings (SSSR count). The van der Waals surface area contributed by atoms with Crippen molar-refractivity contribution in [2.24, 2.45) is 0 Å². The van der Waals surface area contributed by atoms with E-state index in [0.717, 1.165) is 0 Å². The van der Waals surface area contributed by atoms with E-state index in [2.05, 4.69) is 0 Å². The molecule has 1 aromatic heterocycles. The van der Waals surface area contributed by atoms with Gasteiger partial charge in [0.1, 0.15) is 17.0 Å². The highest BCUT2D eigenvalue weighted by Crippen LogP contribution is 2.48. The Hall–Kier alpha value is -2.80. The van der Waals surface area contributed by atoms with Crippen molar-refractivity contribution in [1.82, 2.24) is 4.57 Å². The van der Waals surface area contributed by atoms with Crippen LogP contribution < -0.4 is 16.0 Å². The first-order valence-corrected chi connectivity index (χ1v) is 8.20. The maximum Gasteiger partial charge on any atom is 0.337 e. The van der Waals surface area contributed by atoms with Gasteiger partial charge >= 0.3 is 5.97 Å². The number of nitrogen functional groups attached to an aromatic ring is 1. The Balaban J connectivity index is 2.32. The van der Waals surface area contributed by atoms with Gasteiger partial charge in [0, 0.05) is 11.8 Å². The zero-order valence-corrected chi connectivity index (χ0v) is 15.1. The predicted octanol–water partition coefficient (Wildman–Crippen LogP) is 1.73. The van der Waals surface area contributed by atoms with Crippen LogP contribution in [0.15, 0.2) is 41.3 Å². The molecule has 3 N–H and O–H groups in total. The van der Waals surface area contributed by atoms with Crippen LogP contribution in [0.25, 0.3) is 0 Å². The number of ether oxygens (including phenoxy) is 2. The van der Waals surface area contributed by atoms with Crippen LogP contribution in [0.1, 0.15) is 42.7 Å².